The normalized spacial score (nSPS) is 16.2. The third kappa shape index (κ3) is 5.84. The maximum atomic E-state index is 10.0. The van der Waals surface area contributed by atoms with Crippen LogP contribution in [0.25, 0.3) is 0 Å². The average Bonchev–Trinajstić information content (AvgIpc) is 1.99. The number of carboxylic acid groups (broad SMARTS) is 1. The molecule has 0 heterocycles. The van der Waals surface area contributed by atoms with Crippen molar-refractivity contribution in [1.82, 2.24) is 0 Å². The molecule has 2 unspecified atom stereocenters. The Morgan fingerprint density at radius 2 is 2.08 bits per heavy atom. The van der Waals surface area contributed by atoms with Crippen LogP contribution in [0.3, 0.4) is 0 Å². The average molecular weight is 176 g/mol. The molecule has 0 saturated carbocycles. The Hall–Kier alpha value is -0.910. The Bertz CT molecular complexity index is 165. The molecule has 0 spiro atoms. The van der Waals surface area contributed by atoms with Crippen LogP contribution in [0.4, 0.5) is 0 Å². The first-order valence-corrected chi connectivity index (χ1v) is 3.35. The molecule has 0 rings (SSSR count). The van der Waals surface area contributed by atoms with Gasteiger partial charge in [-0.3, -0.25) is 4.79 Å². The molecule has 0 aliphatic heterocycles. The summed E-state index contributed by atoms with van der Waals surface area (Å²) in [7, 11) is 1.29. The predicted molar refractivity (Wildman–Crippen MR) is 40.4 cm³/mol. The van der Waals surface area contributed by atoms with E-state index < -0.39 is 18.4 Å². The molecule has 0 bridgehead atoms. The van der Waals surface area contributed by atoms with Crippen molar-refractivity contribution in [1.29, 1.82) is 0 Å². The van der Waals surface area contributed by atoms with E-state index in [1.54, 1.807) is 0 Å². The Morgan fingerprint density at radius 1 is 1.50 bits per heavy atom. The van der Waals surface area contributed by atoms with Gasteiger partial charge in [0.25, 0.3) is 0 Å². The summed E-state index contributed by atoms with van der Waals surface area (Å²) in [5.74, 6) is -1.10. The molecule has 5 nitrogen and oxygen atoms in total. The first-order valence-electron chi connectivity index (χ1n) is 3.35. The number of hydrogen-bond donors (Lipinski definition) is 3. The van der Waals surface area contributed by atoms with Crippen molar-refractivity contribution in [3.05, 3.63) is 12.2 Å². The van der Waals surface area contributed by atoms with Gasteiger partial charge in [0.15, 0.2) is 6.29 Å². The van der Waals surface area contributed by atoms with Crippen molar-refractivity contribution < 1.29 is 24.9 Å². The smallest absolute Gasteiger partial charge is 0.306 e. The monoisotopic (exact) mass is 176 g/mol. The summed E-state index contributed by atoms with van der Waals surface area (Å²) < 4.78 is 4.42. The summed E-state index contributed by atoms with van der Waals surface area (Å²) >= 11 is 0. The van der Waals surface area contributed by atoms with E-state index in [4.69, 9.17) is 15.3 Å². The van der Waals surface area contributed by atoms with Gasteiger partial charge in [0.1, 0.15) is 0 Å². The molecule has 0 radical (unpaired) electrons. The summed E-state index contributed by atoms with van der Waals surface area (Å²) in [4.78, 5) is 10.0. The van der Waals surface area contributed by atoms with Crippen molar-refractivity contribution >= 4 is 5.97 Å². The van der Waals surface area contributed by atoms with Gasteiger partial charge < -0.3 is 20.1 Å². The largest absolute Gasteiger partial charge is 0.481 e. The van der Waals surface area contributed by atoms with Crippen LogP contribution in [-0.4, -0.2) is 40.8 Å². The Kier molecular flexibility index (Phi) is 5.27. The number of carboxylic acids is 1. The lowest BCUT2D eigenvalue weighted by Gasteiger charge is -2.03. The van der Waals surface area contributed by atoms with E-state index in [0.29, 0.717) is 0 Å². The molecule has 0 amide bonds. The Morgan fingerprint density at radius 3 is 2.50 bits per heavy atom. The second-order valence-electron chi connectivity index (χ2n) is 2.18. The number of methoxy groups -OCH3 is 1. The highest BCUT2D eigenvalue weighted by molar-refractivity contribution is 5.67. The fraction of sp³-hybridized carbons (Fsp3) is 0.571. The highest BCUT2D eigenvalue weighted by Gasteiger charge is 2.05. The molecule has 0 aromatic carbocycles. The topological polar surface area (TPSA) is 87.0 Å². The lowest BCUT2D eigenvalue weighted by atomic mass is 10.2. The van der Waals surface area contributed by atoms with Gasteiger partial charge in [0.05, 0.1) is 12.5 Å². The van der Waals surface area contributed by atoms with Gasteiger partial charge in [-0.1, -0.05) is 6.08 Å². The van der Waals surface area contributed by atoms with Crippen molar-refractivity contribution in [3.63, 3.8) is 0 Å². The molecule has 0 fully saturated rings. The summed E-state index contributed by atoms with van der Waals surface area (Å²) in [5.41, 5.74) is 0. The number of rotatable bonds is 5. The molecule has 0 saturated heterocycles. The van der Waals surface area contributed by atoms with E-state index in [1.807, 2.05) is 0 Å². The number of aliphatic hydroxyl groups excluding tert-OH is 2. The Balaban J connectivity index is 3.74. The van der Waals surface area contributed by atoms with Crippen LogP contribution in [0, 0.1) is 0 Å². The third-order valence-electron chi connectivity index (χ3n) is 1.12. The van der Waals surface area contributed by atoms with Gasteiger partial charge in [-0.25, -0.2) is 0 Å². The van der Waals surface area contributed by atoms with Gasteiger partial charge in [0.2, 0.25) is 0 Å². The van der Waals surface area contributed by atoms with Crippen molar-refractivity contribution in [2.45, 2.75) is 18.8 Å². The SMILES string of the molecule is COC(O)C=CC(O)CC(=O)O. The van der Waals surface area contributed by atoms with E-state index >= 15 is 0 Å². The van der Waals surface area contributed by atoms with Crippen LogP contribution in [-0.2, 0) is 9.53 Å². The molecular formula is C7H12O5. The maximum absolute atomic E-state index is 10.0. The zero-order chi connectivity index (χ0) is 9.56. The molecule has 0 aliphatic carbocycles. The Labute approximate surface area is 69.9 Å². The summed E-state index contributed by atoms with van der Waals surface area (Å²) in [6.07, 6.45) is -0.233. The van der Waals surface area contributed by atoms with E-state index in [9.17, 15) is 4.79 Å². The first kappa shape index (κ1) is 11.1. The maximum Gasteiger partial charge on any atom is 0.306 e. The van der Waals surface area contributed by atoms with Crippen LogP contribution in [0.1, 0.15) is 6.42 Å². The molecule has 0 aromatic heterocycles. The minimum atomic E-state index is -1.10. The van der Waals surface area contributed by atoms with Crippen LogP contribution in [0.15, 0.2) is 12.2 Å². The molecule has 3 N–H and O–H groups in total. The molecule has 70 valence electrons. The van der Waals surface area contributed by atoms with Crippen molar-refractivity contribution in [3.8, 4) is 0 Å². The highest BCUT2D eigenvalue weighted by Crippen LogP contribution is 1.95. The summed E-state index contributed by atoms with van der Waals surface area (Å²) in [5, 5.41) is 25.9. The van der Waals surface area contributed by atoms with Gasteiger partial charge in [-0.15, -0.1) is 0 Å². The quantitative estimate of drug-likeness (QED) is 0.382. The molecule has 0 aliphatic rings. The lowest BCUT2D eigenvalue weighted by molar-refractivity contribution is -0.138. The standard InChI is InChI=1S/C7H12O5/c1-12-7(11)3-2-5(8)4-6(9)10/h2-3,5,7-8,11H,4H2,1H3,(H,9,10). The number of hydrogen-bond acceptors (Lipinski definition) is 4. The molecule has 5 heteroatoms. The van der Waals surface area contributed by atoms with Gasteiger partial charge in [-0.05, 0) is 6.08 Å². The first-order chi connectivity index (χ1) is 5.56. The zero-order valence-corrected chi connectivity index (χ0v) is 6.67. The van der Waals surface area contributed by atoms with Crippen LogP contribution >= 0.6 is 0 Å². The minimum Gasteiger partial charge on any atom is -0.481 e. The molecule has 2 atom stereocenters. The predicted octanol–water partition coefficient (Wildman–Crippen LogP) is -0.657. The van der Waals surface area contributed by atoms with Crippen LogP contribution in [0.2, 0.25) is 0 Å². The van der Waals surface area contributed by atoms with Gasteiger partial charge in [0, 0.05) is 7.11 Å². The summed E-state index contributed by atoms with van der Waals surface area (Å²) in [6, 6.07) is 0. The minimum absolute atomic E-state index is 0.382. The van der Waals surface area contributed by atoms with Crippen molar-refractivity contribution in [2.24, 2.45) is 0 Å². The highest BCUT2D eigenvalue weighted by atomic mass is 16.6. The number of carbonyl (C=O) groups is 1. The van der Waals surface area contributed by atoms with E-state index in [2.05, 4.69) is 4.74 Å². The zero-order valence-electron chi connectivity index (χ0n) is 6.67. The van der Waals surface area contributed by atoms with E-state index in [0.717, 1.165) is 0 Å². The fourth-order valence-corrected chi connectivity index (χ4v) is 0.549. The number of aliphatic carboxylic acids is 1. The van der Waals surface area contributed by atoms with Crippen LogP contribution < -0.4 is 0 Å². The summed E-state index contributed by atoms with van der Waals surface area (Å²) in [6.45, 7) is 0. The van der Waals surface area contributed by atoms with E-state index in [1.165, 1.54) is 19.3 Å². The van der Waals surface area contributed by atoms with Crippen molar-refractivity contribution in [2.75, 3.05) is 7.11 Å². The van der Waals surface area contributed by atoms with Gasteiger partial charge >= 0.3 is 5.97 Å². The molecular weight excluding hydrogens is 164 g/mol. The number of ether oxygens (including phenoxy) is 1. The van der Waals surface area contributed by atoms with Crippen LogP contribution in [0.5, 0.6) is 0 Å². The lowest BCUT2D eigenvalue weighted by Crippen LogP contribution is -2.12. The molecule has 12 heavy (non-hydrogen) atoms. The number of aliphatic hydroxyl groups is 2. The second-order valence-corrected chi connectivity index (χ2v) is 2.18. The van der Waals surface area contributed by atoms with E-state index in [-0.39, 0.29) is 6.42 Å². The molecule has 0 aromatic rings. The van der Waals surface area contributed by atoms with Gasteiger partial charge in [-0.2, -0.15) is 0 Å². The third-order valence-corrected chi connectivity index (χ3v) is 1.12. The fourth-order valence-electron chi connectivity index (χ4n) is 0.549. The second kappa shape index (κ2) is 5.70.